The van der Waals surface area contributed by atoms with Gasteiger partial charge in [0.1, 0.15) is 5.71 Å². The van der Waals surface area contributed by atoms with Crippen molar-refractivity contribution in [1.82, 2.24) is 4.83 Å². The normalized spacial score (nSPS) is 13.5. The number of aryl methyl sites for hydroxylation is 1. The average Bonchev–Trinajstić information content (AvgIpc) is 2.25. The van der Waals surface area contributed by atoms with Crippen molar-refractivity contribution in [3.05, 3.63) is 29.8 Å². The number of rotatable bonds is 3. The summed E-state index contributed by atoms with van der Waals surface area (Å²) in [5.74, 6) is 0. The van der Waals surface area contributed by atoms with Gasteiger partial charge in [0.05, 0.1) is 4.90 Å². The average molecular weight is 280 g/mol. The van der Waals surface area contributed by atoms with Crippen LogP contribution in [0, 0.1) is 6.92 Å². The molecule has 0 saturated heterocycles. The second-order valence-corrected chi connectivity index (χ2v) is 5.26. The van der Waals surface area contributed by atoms with Gasteiger partial charge in [-0.15, -0.1) is 0 Å². The molecule has 1 aromatic carbocycles. The van der Waals surface area contributed by atoms with E-state index in [2.05, 4.69) is 5.10 Å². The van der Waals surface area contributed by atoms with Gasteiger partial charge in [-0.05, 0) is 26.0 Å². The first-order valence-electron chi connectivity index (χ1n) is 4.83. The molecule has 0 fully saturated rings. The maximum Gasteiger partial charge on any atom is 0.430 e. The van der Waals surface area contributed by atoms with E-state index in [1.807, 2.05) is 0 Å². The molecule has 0 bridgehead atoms. The molecule has 0 radical (unpaired) electrons. The molecular weight excluding hydrogens is 269 g/mol. The van der Waals surface area contributed by atoms with Crippen LogP contribution in [-0.2, 0) is 10.0 Å². The summed E-state index contributed by atoms with van der Waals surface area (Å²) in [6, 6.07) is 5.65. The van der Waals surface area contributed by atoms with Gasteiger partial charge in [-0.25, -0.2) is 0 Å². The molecular formula is C10H11F3N2O2S. The lowest BCUT2D eigenvalue weighted by Crippen LogP contribution is -2.26. The first-order chi connectivity index (χ1) is 8.13. The van der Waals surface area contributed by atoms with E-state index < -0.39 is 21.9 Å². The smallest absolute Gasteiger partial charge is 0.200 e. The number of nitrogens with zero attached hydrogens (tertiary/aromatic N) is 1. The zero-order valence-electron chi connectivity index (χ0n) is 9.62. The van der Waals surface area contributed by atoms with Crippen molar-refractivity contribution in [3.63, 3.8) is 0 Å². The van der Waals surface area contributed by atoms with Crippen LogP contribution < -0.4 is 4.83 Å². The minimum absolute atomic E-state index is 0.146. The second kappa shape index (κ2) is 4.97. The van der Waals surface area contributed by atoms with Crippen molar-refractivity contribution in [2.24, 2.45) is 5.10 Å². The number of sulfonamides is 1. The number of hydrogen-bond donors (Lipinski definition) is 1. The highest BCUT2D eigenvalue weighted by molar-refractivity contribution is 7.89. The van der Waals surface area contributed by atoms with E-state index in [0.717, 1.165) is 5.56 Å². The summed E-state index contributed by atoms with van der Waals surface area (Å²) >= 11 is 0. The highest BCUT2D eigenvalue weighted by atomic mass is 32.2. The zero-order chi connectivity index (χ0) is 14.0. The zero-order valence-corrected chi connectivity index (χ0v) is 10.4. The van der Waals surface area contributed by atoms with Gasteiger partial charge in [-0.1, -0.05) is 17.7 Å². The van der Waals surface area contributed by atoms with Crippen LogP contribution in [0.15, 0.2) is 34.3 Å². The number of nitrogens with one attached hydrogen (secondary N) is 1. The van der Waals surface area contributed by atoms with E-state index in [1.54, 1.807) is 11.8 Å². The number of hydrogen-bond acceptors (Lipinski definition) is 3. The molecule has 0 heterocycles. The van der Waals surface area contributed by atoms with Crippen LogP contribution in [0.4, 0.5) is 13.2 Å². The Kier molecular flexibility index (Phi) is 4.00. The predicted molar refractivity (Wildman–Crippen MR) is 60.7 cm³/mol. The molecule has 0 saturated carbocycles. The van der Waals surface area contributed by atoms with Gasteiger partial charge in [-0.3, -0.25) is 0 Å². The third kappa shape index (κ3) is 3.73. The molecule has 0 aliphatic heterocycles. The molecule has 0 unspecified atom stereocenters. The van der Waals surface area contributed by atoms with E-state index in [1.165, 1.54) is 24.3 Å². The minimum atomic E-state index is -4.66. The Bertz CT molecular complexity index is 547. The van der Waals surface area contributed by atoms with Crippen LogP contribution >= 0.6 is 0 Å². The standard InChI is InChI=1S/C10H11F3N2O2S/c1-7-3-5-9(6-4-7)18(16,17)15-14-8(2)10(11,12)13/h3-6,15H,1-2H3/b14-8-. The molecule has 4 nitrogen and oxygen atoms in total. The number of alkyl halides is 3. The van der Waals surface area contributed by atoms with Crippen LogP contribution in [0.1, 0.15) is 12.5 Å². The molecule has 1 rings (SSSR count). The van der Waals surface area contributed by atoms with Crippen molar-refractivity contribution < 1.29 is 21.6 Å². The van der Waals surface area contributed by atoms with Crippen molar-refractivity contribution in [3.8, 4) is 0 Å². The van der Waals surface area contributed by atoms with Crippen LogP contribution in [0.25, 0.3) is 0 Å². The summed E-state index contributed by atoms with van der Waals surface area (Å²) in [5.41, 5.74) is -0.429. The topological polar surface area (TPSA) is 58.5 Å². The molecule has 0 aromatic heterocycles. The van der Waals surface area contributed by atoms with Crippen molar-refractivity contribution in [2.45, 2.75) is 24.9 Å². The maximum atomic E-state index is 12.1. The van der Waals surface area contributed by atoms with Crippen molar-refractivity contribution in [1.29, 1.82) is 0 Å². The molecule has 0 amide bonds. The predicted octanol–water partition coefficient (Wildman–Crippen LogP) is 2.21. The molecule has 18 heavy (non-hydrogen) atoms. The molecule has 0 aliphatic rings. The number of halogens is 3. The Morgan fingerprint density at radius 1 is 1.22 bits per heavy atom. The maximum absolute atomic E-state index is 12.1. The van der Waals surface area contributed by atoms with Gasteiger partial charge >= 0.3 is 6.18 Å². The molecule has 0 spiro atoms. The Morgan fingerprint density at radius 3 is 2.17 bits per heavy atom. The van der Waals surface area contributed by atoms with Crippen LogP contribution in [0.5, 0.6) is 0 Å². The monoisotopic (exact) mass is 280 g/mol. The Balaban J connectivity index is 2.94. The Hall–Kier alpha value is -1.57. The van der Waals surface area contributed by atoms with E-state index in [9.17, 15) is 21.6 Å². The van der Waals surface area contributed by atoms with Crippen LogP contribution in [-0.4, -0.2) is 20.3 Å². The fourth-order valence-corrected chi connectivity index (χ4v) is 1.82. The van der Waals surface area contributed by atoms with Crippen LogP contribution in [0.3, 0.4) is 0 Å². The fraction of sp³-hybridized carbons (Fsp3) is 0.300. The Labute approximate surface area is 103 Å². The lowest BCUT2D eigenvalue weighted by molar-refractivity contribution is -0.0594. The largest absolute Gasteiger partial charge is 0.430 e. The third-order valence-electron chi connectivity index (χ3n) is 2.08. The second-order valence-electron chi connectivity index (χ2n) is 3.60. The summed E-state index contributed by atoms with van der Waals surface area (Å²) in [7, 11) is -4.07. The third-order valence-corrected chi connectivity index (χ3v) is 3.30. The van der Waals surface area contributed by atoms with Gasteiger partial charge in [0.25, 0.3) is 10.0 Å². The SMILES string of the molecule is C/C(=N/NS(=O)(=O)c1ccc(C)cc1)C(F)(F)F. The Morgan fingerprint density at radius 2 is 1.72 bits per heavy atom. The van der Waals surface area contributed by atoms with E-state index in [-0.39, 0.29) is 4.90 Å². The summed E-state index contributed by atoms with van der Waals surface area (Å²) in [6.45, 7) is 2.44. The highest BCUT2D eigenvalue weighted by Gasteiger charge is 2.32. The first kappa shape index (κ1) is 14.5. The summed E-state index contributed by atoms with van der Waals surface area (Å²) < 4.78 is 59.5. The molecule has 1 aromatic rings. The van der Waals surface area contributed by atoms with Crippen molar-refractivity contribution in [2.75, 3.05) is 0 Å². The van der Waals surface area contributed by atoms with Gasteiger partial charge in [-0.2, -0.15) is 31.5 Å². The van der Waals surface area contributed by atoms with Crippen molar-refractivity contribution >= 4 is 15.7 Å². The fourth-order valence-electron chi connectivity index (χ4n) is 0.962. The molecule has 0 atom stereocenters. The molecule has 0 aliphatic carbocycles. The van der Waals surface area contributed by atoms with Crippen LogP contribution in [0.2, 0.25) is 0 Å². The lowest BCUT2D eigenvalue weighted by atomic mass is 10.2. The molecule has 1 N–H and O–H groups in total. The first-order valence-corrected chi connectivity index (χ1v) is 6.31. The van der Waals surface area contributed by atoms with Gasteiger partial charge in [0.2, 0.25) is 0 Å². The summed E-state index contributed by atoms with van der Waals surface area (Å²) in [5, 5.41) is 2.82. The quantitative estimate of drug-likeness (QED) is 0.681. The summed E-state index contributed by atoms with van der Waals surface area (Å²) in [4.78, 5) is 1.39. The van der Waals surface area contributed by atoms with E-state index >= 15 is 0 Å². The summed E-state index contributed by atoms with van der Waals surface area (Å²) in [6.07, 6.45) is -4.66. The molecule has 8 heteroatoms. The van der Waals surface area contributed by atoms with E-state index in [0.29, 0.717) is 6.92 Å². The minimum Gasteiger partial charge on any atom is -0.200 e. The number of hydrazone groups is 1. The highest BCUT2D eigenvalue weighted by Crippen LogP contribution is 2.17. The van der Waals surface area contributed by atoms with E-state index in [4.69, 9.17) is 0 Å². The molecule has 100 valence electrons. The van der Waals surface area contributed by atoms with Gasteiger partial charge in [0.15, 0.2) is 0 Å². The number of benzene rings is 1. The van der Waals surface area contributed by atoms with Gasteiger partial charge < -0.3 is 0 Å². The van der Waals surface area contributed by atoms with Gasteiger partial charge in [0, 0.05) is 0 Å². The lowest BCUT2D eigenvalue weighted by Gasteiger charge is -2.07.